The Balaban J connectivity index is 0.00000242. The molecule has 22 heavy (non-hydrogen) atoms. The Labute approximate surface area is 135 Å². The number of nitrogens with one attached hydrogen (secondary N) is 1. The molecule has 1 aromatic carbocycles. The first kappa shape index (κ1) is 18.4. The Morgan fingerprint density at radius 2 is 2.18 bits per heavy atom. The maximum Gasteiger partial charge on any atom is 0.241 e. The third-order valence-corrected chi connectivity index (χ3v) is 3.66. The normalized spacial score (nSPS) is 17.0. The van der Waals surface area contributed by atoms with Gasteiger partial charge < -0.3 is 16.0 Å². The maximum atomic E-state index is 13.0. The zero-order valence-electron chi connectivity index (χ0n) is 12.3. The summed E-state index contributed by atoms with van der Waals surface area (Å²) in [7, 11) is 0. The van der Waals surface area contributed by atoms with E-state index in [4.69, 9.17) is 5.73 Å². The minimum Gasteiger partial charge on any atom is -0.347 e. The van der Waals surface area contributed by atoms with E-state index in [2.05, 4.69) is 5.32 Å². The summed E-state index contributed by atoms with van der Waals surface area (Å²) in [5.74, 6) is -0.403. The van der Waals surface area contributed by atoms with Crippen LogP contribution in [0, 0.1) is 11.7 Å². The molecule has 7 heteroatoms. The first-order chi connectivity index (χ1) is 10.1. The average Bonchev–Trinajstić information content (AvgIpc) is 2.94. The second-order valence-corrected chi connectivity index (χ2v) is 5.31. The molecule has 122 valence electrons. The van der Waals surface area contributed by atoms with Gasteiger partial charge in [0, 0.05) is 13.1 Å². The summed E-state index contributed by atoms with van der Waals surface area (Å²) in [4.78, 5) is 25.4. The van der Waals surface area contributed by atoms with E-state index in [0.717, 1.165) is 6.42 Å². The van der Waals surface area contributed by atoms with Crippen molar-refractivity contribution in [1.29, 1.82) is 0 Å². The molecule has 1 aromatic rings. The molecule has 5 nitrogen and oxygen atoms in total. The predicted octanol–water partition coefficient (Wildman–Crippen LogP) is 0.713. The van der Waals surface area contributed by atoms with Crippen LogP contribution >= 0.6 is 12.4 Å². The Morgan fingerprint density at radius 3 is 2.82 bits per heavy atom. The van der Waals surface area contributed by atoms with Crippen molar-refractivity contribution in [3.63, 3.8) is 0 Å². The number of nitrogens with zero attached hydrogens (tertiary/aromatic N) is 1. The van der Waals surface area contributed by atoms with Gasteiger partial charge in [-0.3, -0.25) is 9.59 Å². The van der Waals surface area contributed by atoms with Crippen LogP contribution in [0.5, 0.6) is 0 Å². The van der Waals surface area contributed by atoms with Crippen molar-refractivity contribution in [3.05, 3.63) is 35.6 Å². The lowest BCUT2D eigenvalue weighted by Crippen LogP contribution is -2.39. The number of rotatable bonds is 5. The highest BCUT2D eigenvalue weighted by molar-refractivity contribution is 5.86. The molecule has 0 aromatic heterocycles. The summed E-state index contributed by atoms with van der Waals surface area (Å²) in [6.45, 7) is 1.91. The fourth-order valence-electron chi connectivity index (χ4n) is 2.43. The van der Waals surface area contributed by atoms with Crippen LogP contribution in [0.1, 0.15) is 12.0 Å². The number of halogens is 2. The molecular formula is C15H21ClFN3O2. The molecule has 0 aliphatic carbocycles. The number of amides is 2. The average molecular weight is 330 g/mol. The fraction of sp³-hybridized carbons (Fsp3) is 0.467. The third-order valence-electron chi connectivity index (χ3n) is 3.66. The van der Waals surface area contributed by atoms with Crippen LogP contribution in [0.4, 0.5) is 4.39 Å². The summed E-state index contributed by atoms with van der Waals surface area (Å²) in [6, 6.07) is 5.87. The van der Waals surface area contributed by atoms with E-state index in [-0.39, 0.29) is 43.0 Å². The van der Waals surface area contributed by atoms with E-state index in [1.54, 1.807) is 17.0 Å². The van der Waals surface area contributed by atoms with Gasteiger partial charge in [-0.2, -0.15) is 0 Å². The van der Waals surface area contributed by atoms with Crippen LogP contribution in [0.15, 0.2) is 24.3 Å². The Morgan fingerprint density at radius 1 is 1.41 bits per heavy atom. The van der Waals surface area contributed by atoms with Gasteiger partial charge in [-0.1, -0.05) is 12.1 Å². The van der Waals surface area contributed by atoms with E-state index < -0.39 is 0 Å². The van der Waals surface area contributed by atoms with Crippen molar-refractivity contribution in [2.24, 2.45) is 11.7 Å². The summed E-state index contributed by atoms with van der Waals surface area (Å²) >= 11 is 0. The highest BCUT2D eigenvalue weighted by Crippen LogP contribution is 2.14. The molecule has 0 radical (unpaired) electrons. The number of benzene rings is 1. The molecule has 1 saturated heterocycles. The molecule has 2 amide bonds. The lowest BCUT2D eigenvalue weighted by atomic mass is 10.1. The maximum absolute atomic E-state index is 13.0. The molecule has 0 spiro atoms. The fourth-order valence-corrected chi connectivity index (χ4v) is 2.43. The van der Waals surface area contributed by atoms with Gasteiger partial charge in [0.25, 0.3) is 0 Å². The van der Waals surface area contributed by atoms with Gasteiger partial charge in [0.05, 0.1) is 13.0 Å². The van der Waals surface area contributed by atoms with Crippen molar-refractivity contribution in [1.82, 2.24) is 10.2 Å². The molecule has 1 heterocycles. The molecule has 1 atom stereocenters. The van der Waals surface area contributed by atoms with E-state index >= 15 is 0 Å². The van der Waals surface area contributed by atoms with Crippen molar-refractivity contribution < 1.29 is 14.0 Å². The Bertz CT molecular complexity index is 527. The number of carbonyl (C=O) groups is 2. The highest BCUT2D eigenvalue weighted by atomic mass is 35.5. The van der Waals surface area contributed by atoms with Gasteiger partial charge in [-0.05, 0) is 36.6 Å². The number of hydrogen-bond acceptors (Lipinski definition) is 3. The molecule has 1 aliphatic heterocycles. The van der Waals surface area contributed by atoms with Gasteiger partial charge in [0.1, 0.15) is 5.82 Å². The van der Waals surface area contributed by atoms with Crippen LogP contribution in [0.3, 0.4) is 0 Å². The van der Waals surface area contributed by atoms with Crippen molar-refractivity contribution >= 4 is 24.2 Å². The van der Waals surface area contributed by atoms with Crippen LogP contribution < -0.4 is 11.1 Å². The standard InChI is InChI=1S/C15H20FN3O2.ClH/c16-13-3-1-2-11(6-13)7-14(20)18-9-15(21)19-5-4-12(8-17)10-19;/h1-3,6,12H,4-5,7-10,17H2,(H,18,20);1H. The number of nitrogens with two attached hydrogens (primary N) is 1. The van der Waals surface area contributed by atoms with Crippen LogP contribution in [0.2, 0.25) is 0 Å². The molecule has 1 fully saturated rings. The van der Waals surface area contributed by atoms with Gasteiger partial charge in [0.15, 0.2) is 0 Å². The molecule has 3 N–H and O–H groups in total. The second-order valence-electron chi connectivity index (χ2n) is 5.31. The number of hydrogen-bond donors (Lipinski definition) is 2. The summed E-state index contributed by atoms with van der Waals surface area (Å²) < 4.78 is 13.0. The van der Waals surface area contributed by atoms with E-state index in [1.807, 2.05) is 0 Å². The van der Waals surface area contributed by atoms with Crippen molar-refractivity contribution in [3.8, 4) is 0 Å². The van der Waals surface area contributed by atoms with Gasteiger partial charge >= 0.3 is 0 Å². The lowest BCUT2D eigenvalue weighted by molar-refractivity contribution is -0.132. The Hall–Kier alpha value is -1.66. The minimum absolute atomic E-state index is 0. The van der Waals surface area contributed by atoms with Crippen LogP contribution in [-0.2, 0) is 16.0 Å². The molecule has 1 aliphatic rings. The quantitative estimate of drug-likeness (QED) is 0.835. The number of likely N-dealkylation sites (tertiary alicyclic amines) is 1. The molecule has 1 unspecified atom stereocenters. The first-order valence-electron chi connectivity index (χ1n) is 7.07. The minimum atomic E-state index is -0.374. The SMILES string of the molecule is Cl.NCC1CCN(C(=O)CNC(=O)Cc2cccc(F)c2)C1. The smallest absolute Gasteiger partial charge is 0.241 e. The van der Waals surface area contributed by atoms with Crippen molar-refractivity contribution in [2.45, 2.75) is 12.8 Å². The van der Waals surface area contributed by atoms with Crippen molar-refractivity contribution in [2.75, 3.05) is 26.2 Å². The van der Waals surface area contributed by atoms with Gasteiger partial charge in [0.2, 0.25) is 11.8 Å². The first-order valence-corrected chi connectivity index (χ1v) is 7.07. The summed E-state index contributed by atoms with van der Waals surface area (Å²) in [6.07, 6.45) is 0.982. The zero-order chi connectivity index (χ0) is 15.2. The summed E-state index contributed by atoms with van der Waals surface area (Å²) in [5, 5.41) is 2.58. The summed E-state index contributed by atoms with van der Waals surface area (Å²) in [5.41, 5.74) is 6.17. The monoisotopic (exact) mass is 329 g/mol. The molecule has 2 rings (SSSR count). The lowest BCUT2D eigenvalue weighted by Gasteiger charge is -2.16. The third kappa shape index (κ3) is 5.27. The van der Waals surface area contributed by atoms with Gasteiger partial charge in [-0.25, -0.2) is 4.39 Å². The van der Waals surface area contributed by atoms with E-state index in [0.29, 0.717) is 31.1 Å². The van der Waals surface area contributed by atoms with E-state index in [9.17, 15) is 14.0 Å². The van der Waals surface area contributed by atoms with Crippen LogP contribution in [0.25, 0.3) is 0 Å². The highest BCUT2D eigenvalue weighted by Gasteiger charge is 2.25. The second kappa shape index (κ2) is 8.70. The predicted molar refractivity (Wildman–Crippen MR) is 84.1 cm³/mol. The zero-order valence-corrected chi connectivity index (χ0v) is 13.1. The van der Waals surface area contributed by atoms with Crippen LogP contribution in [-0.4, -0.2) is 42.9 Å². The largest absolute Gasteiger partial charge is 0.347 e. The topological polar surface area (TPSA) is 75.4 Å². The molecule has 0 bridgehead atoms. The molecular weight excluding hydrogens is 309 g/mol. The van der Waals surface area contributed by atoms with Gasteiger partial charge in [-0.15, -0.1) is 12.4 Å². The Kier molecular flexibility index (Phi) is 7.27. The van der Waals surface area contributed by atoms with E-state index in [1.165, 1.54) is 12.1 Å². The number of carbonyl (C=O) groups excluding carboxylic acids is 2. The molecule has 0 saturated carbocycles.